The molecule has 2 heterocycles. The third-order valence-corrected chi connectivity index (χ3v) is 4.21. The van der Waals surface area contributed by atoms with Crippen LogP contribution in [0.15, 0.2) is 60.8 Å². The molecule has 0 unspecified atom stereocenters. The fraction of sp³-hybridized carbons (Fsp3) is 0.0952. The number of ketones is 1. The minimum atomic E-state index is -0.323. The zero-order valence-electron chi connectivity index (χ0n) is 15.1. The number of hydrogen-bond acceptors (Lipinski definition) is 6. The van der Waals surface area contributed by atoms with Crippen LogP contribution >= 0.6 is 0 Å². The van der Waals surface area contributed by atoms with E-state index in [0.29, 0.717) is 22.7 Å². The van der Waals surface area contributed by atoms with Crippen LogP contribution in [0.2, 0.25) is 0 Å². The molecule has 28 heavy (non-hydrogen) atoms. The van der Waals surface area contributed by atoms with Crippen molar-refractivity contribution in [2.24, 2.45) is 0 Å². The second kappa shape index (κ2) is 7.40. The maximum atomic E-state index is 12.4. The van der Waals surface area contributed by atoms with E-state index in [1.807, 2.05) is 12.1 Å². The van der Waals surface area contributed by atoms with E-state index < -0.39 is 0 Å². The van der Waals surface area contributed by atoms with Gasteiger partial charge in [0.2, 0.25) is 6.79 Å². The van der Waals surface area contributed by atoms with Crippen molar-refractivity contribution in [3.05, 3.63) is 72.1 Å². The van der Waals surface area contributed by atoms with Crippen molar-refractivity contribution in [3.63, 3.8) is 0 Å². The SMILES string of the molecule is CC(=O)c1ccc(Nc2ccc(C(=O)Nc3ccc4c(c3)OCO4)nc2)cc1. The van der Waals surface area contributed by atoms with Crippen LogP contribution in [0.1, 0.15) is 27.8 Å². The van der Waals surface area contributed by atoms with E-state index in [-0.39, 0.29) is 24.2 Å². The van der Waals surface area contributed by atoms with Gasteiger partial charge in [-0.1, -0.05) is 0 Å². The second-order valence-electron chi connectivity index (χ2n) is 6.21. The molecule has 4 rings (SSSR count). The molecule has 7 heteroatoms. The summed E-state index contributed by atoms with van der Waals surface area (Å²) in [6, 6.07) is 15.7. The highest BCUT2D eigenvalue weighted by Gasteiger charge is 2.15. The zero-order valence-corrected chi connectivity index (χ0v) is 15.1. The van der Waals surface area contributed by atoms with Gasteiger partial charge in [0.05, 0.1) is 11.9 Å². The highest BCUT2D eigenvalue weighted by atomic mass is 16.7. The first-order valence-corrected chi connectivity index (χ1v) is 8.63. The summed E-state index contributed by atoms with van der Waals surface area (Å²) in [5, 5.41) is 5.96. The fourth-order valence-corrected chi connectivity index (χ4v) is 2.73. The van der Waals surface area contributed by atoms with Crippen LogP contribution in [0.3, 0.4) is 0 Å². The normalized spacial score (nSPS) is 11.8. The molecular formula is C21H17N3O4. The number of carbonyl (C=O) groups is 2. The number of rotatable bonds is 5. The lowest BCUT2D eigenvalue weighted by Gasteiger charge is -2.08. The Kier molecular flexibility index (Phi) is 4.63. The molecule has 2 aromatic carbocycles. The minimum absolute atomic E-state index is 0.0195. The Morgan fingerprint density at radius 2 is 1.61 bits per heavy atom. The van der Waals surface area contributed by atoms with Crippen LogP contribution in [0, 0.1) is 0 Å². The molecule has 0 spiro atoms. The molecule has 0 saturated carbocycles. The van der Waals surface area contributed by atoms with Gasteiger partial charge in [-0.15, -0.1) is 0 Å². The monoisotopic (exact) mass is 375 g/mol. The van der Waals surface area contributed by atoms with Crippen molar-refractivity contribution < 1.29 is 19.1 Å². The van der Waals surface area contributed by atoms with E-state index >= 15 is 0 Å². The van der Waals surface area contributed by atoms with E-state index in [9.17, 15) is 9.59 Å². The number of benzene rings is 2. The Morgan fingerprint density at radius 3 is 2.32 bits per heavy atom. The summed E-state index contributed by atoms with van der Waals surface area (Å²) >= 11 is 0. The summed E-state index contributed by atoms with van der Waals surface area (Å²) in [5.74, 6) is 0.950. The number of ether oxygens (including phenoxy) is 2. The summed E-state index contributed by atoms with van der Waals surface area (Å²) in [7, 11) is 0. The Balaban J connectivity index is 1.41. The van der Waals surface area contributed by atoms with Crippen molar-refractivity contribution in [3.8, 4) is 11.5 Å². The number of anilines is 3. The van der Waals surface area contributed by atoms with E-state index in [1.165, 1.54) is 6.92 Å². The molecule has 0 saturated heterocycles. The molecule has 0 bridgehead atoms. The van der Waals surface area contributed by atoms with Crippen molar-refractivity contribution in [2.75, 3.05) is 17.4 Å². The summed E-state index contributed by atoms with van der Waals surface area (Å²) in [6.45, 7) is 1.71. The molecule has 1 amide bonds. The Labute approximate surface area is 161 Å². The van der Waals surface area contributed by atoms with Crippen molar-refractivity contribution in [2.45, 2.75) is 6.92 Å². The number of pyridine rings is 1. The van der Waals surface area contributed by atoms with Gasteiger partial charge in [0, 0.05) is 23.0 Å². The number of Topliss-reactive ketones (excluding diaryl/α,β-unsaturated/α-hetero) is 1. The topological polar surface area (TPSA) is 89.6 Å². The van der Waals surface area contributed by atoms with Crippen LogP contribution in [0.5, 0.6) is 11.5 Å². The van der Waals surface area contributed by atoms with Crippen LogP contribution in [0.25, 0.3) is 0 Å². The lowest BCUT2D eigenvalue weighted by molar-refractivity contribution is 0.101. The third kappa shape index (κ3) is 3.78. The smallest absolute Gasteiger partial charge is 0.274 e. The zero-order chi connectivity index (χ0) is 19.5. The molecule has 1 aliphatic rings. The summed E-state index contributed by atoms with van der Waals surface area (Å²) in [4.78, 5) is 27.9. The van der Waals surface area contributed by atoms with Crippen LogP contribution in [0.4, 0.5) is 17.1 Å². The summed E-state index contributed by atoms with van der Waals surface area (Å²) in [5.41, 5.74) is 3.10. The number of aromatic nitrogens is 1. The highest BCUT2D eigenvalue weighted by Crippen LogP contribution is 2.34. The maximum absolute atomic E-state index is 12.4. The molecule has 3 aromatic rings. The Hall–Kier alpha value is -3.87. The molecule has 0 aliphatic carbocycles. The Bertz CT molecular complexity index is 1030. The number of amides is 1. The van der Waals surface area contributed by atoms with E-state index in [0.717, 1.165) is 11.4 Å². The summed E-state index contributed by atoms with van der Waals surface area (Å²) < 4.78 is 10.6. The first-order chi connectivity index (χ1) is 13.6. The first kappa shape index (κ1) is 17.5. The van der Waals surface area contributed by atoms with Crippen LogP contribution in [-0.2, 0) is 0 Å². The van der Waals surface area contributed by atoms with Crippen LogP contribution in [-0.4, -0.2) is 23.5 Å². The third-order valence-electron chi connectivity index (χ3n) is 4.21. The number of nitrogens with one attached hydrogen (secondary N) is 2. The number of nitrogens with zero attached hydrogens (tertiary/aromatic N) is 1. The van der Waals surface area contributed by atoms with Gasteiger partial charge >= 0.3 is 0 Å². The van der Waals surface area contributed by atoms with E-state index in [2.05, 4.69) is 15.6 Å². The standard InChI is InChI=1S/C21H17N3O4/c1-13(25)14-2-4-15(5-3-14)23-17-6-8-18(22-11-17)21(26)24-16-7-9-19-20(10-16)28-12-27-19/h2-11,23H,12H2,1H3,(H,24,26). The predicted molar refractivity (Wildman–Crippen MR) is 104 cm³/mol. The molecule has 1 aliphatic heterocycles. The second-order valence-corrected chi connectivity index (χ2v) is 6.21. The van der Waals surface area contributed by atoms with Gasteiger partial charge in [-0.05, 0) is 55.5 Å². The highest BCUT2D eigenvalue weighted by molar-refractivity contribution is 6.03. The van der Waals surface area contributed by atoms with Gasteiger partial charge in [0.15, 0.2) is 17.3 Å². The molecule has 2 N–H and O–H groups in total. The van der Waals surface area contributed by atoms with Crippen molar-refractivity contribution in [1.82, 2.24) is 4.98 Å². The molecule has 1 aromatic heterocycles. The lowest BCUT2D eigenvalue weighted by atomic mass is 10.1. The molecule has 0 fully saturated rings. The van der Waals surface area contributed by atoms with Crippen LogP contribution < -0.4 is 20.1 Å². The Morgan fingerprint density at radius 1 is 0.893 bits per heavy atom. The van der Waals surface area contributed by atoms with Gasteiger partial charge in [0.25, 0.3) is 5.91 Å². The minimum Gasteiger partial charge on any atom is -0.454 e. The van der Waals surface area contributed by atoms with Gasteiger partial charge < -0.3 is 20.1 Å². The molecule has 0 radical (unpaired) electrons. The van der Waals surface area contributed by atoms with E-state index in [1.54, 1.807) is 48.7 Å². The first-order valence-electron chi connectivity index (χ1n) is 8.63. The van der Waals surface area contributed by atoms with Gasteiger partial charge in [0.1, 0.15) is 5.69 Å². The number of hydrogen-bond donors (Lipinski definition) is 2. The number of carbonyl (C=O) groups excluding carboxylic acids is 2. The van der Waals surface area contributed by atoms with Gasteiger partial charge in [-0.25, -0.2) is 4.98 Å². The van der Waals surface area contributed by atoms with Gasteiger partial charge in [-0.2, -0.15) is 0 Å². The molecule has 7 nitrogen and oxygen atoms in total. The van der Waals surface area contributed by atoms with Crippen molar-refractivity contribution in [1.29, 1.82) is 0 Å². The predicted octanol–water partition coefficient (Wildman–Crippen LogP) is 4.01. The molecule has 140 valence electrons. The quantitative estimate of drug-likeness (QED) is 0.655. The fourth-order valence-electron chi connectivity index (χ4n) is 2.73. The molecule has 0 atom stereocenters. The largest absolute Gasteiger partial charge is 0.454 e. The average molecular weight is 375 g/mol. The van der Waals surface area contributed by atoms with E-state index in [4.69, 9.17) is 9.47 Å². The average Bonchev–Trinajstić information content (AvgIpc) is 3.17. The summed E-state index contributed by atoms with van der Waals surface area (Å²) in [6.07, 6.45) is 1.58. The molecular weight excluding hydrogens is 358 g/mol. The maximum Gasteiger partial charge on any atom is 0.274 e. The number of fused-ring (bicyclic) bond motifs is 1. The van der Waals surface area contributed by atoms with Gasteiger partial charge in [-0.3, -0.25) is 9.59 Å². The lowest BCUT2D eigenvalue weighted by Crippen LogP contribution is -2.13. The van der Waals surface area contributed by atoms with Crippen molar-refractivity contribution >= 4 is 28.8 Å².